The maximum Gasteiger partial charge on any atom is 0.254 e. The van der Waals surface area contributed by atoms with E-state index in [9.17, 15) is 9.18 Å². The van der Waals surface area contributed by atoms with Crippen molar-refractivity contribution in [1.29, 1.82) is 0 Å². The fraction of sp³-hybridized carbons (Fsp3) is 0.267. The van der Waals surface area contributed by atoms with Gasteiger partial charge in [0.25, 0.3) is 5.91 Å². The third kappa shape index (κ3) is 2.67. The van der Waals surface area contributed by atoms with Crippen LogP contribution in [0.25, 0.3) is 0 Å². The van der Waals surface area contributed by atoms with E-state index < -0.39 is 5.82 Å². The van der Waals surface area contributed by atoms with E-state index in [-0.39, 0.29) is 11.5 Å². The van der Waals surface area contributed by atoms with Crippen LogP contribution in [-0.4, -0.2) is 10.5 Å². The van der Waals surface area contributed by atoms with Crippen LogP contribution in [0.5, 0.6) is 0 Å². The lowest BCUT2D eigenvalue weighted by Crippen LogP contribution is -2.24. The molecule has 0 fully saturated rings. The number of nitrogens with zero attached hydrogens (tertiary/aromatic N) is 1. The molecule has 2 rings (SSSR count). The molecular formula is C15H17FN2O. The quantitative estimate of drug-likeness (QED) is 0.904. The molecule has 1 aromatic heterocycles. The molecule has 0 aliphatic heterocycles. The first-order valence-electron chi connectivity index (χ1n) is 6.15. The van der Waals surface area contributed by atoms with Crippen molar-refractivity contribution in [3.8, 4) is 0 Å². The summed E-state index contributed by atoms with van der Waals surface area (Å²) in [5.41, 5.74) is 3.36. The molecule has 1 amide bonds. The van der Waals surface area contributed by atoms with E-state index in [0.717, 1.165) is 17.0 Å². The van der Waals surface area contributed by atoms with Crippen molar-refractivity contribution in [3.63, 3.8) is 0 Å². The van der Waals surface area contributed by atoms with E-state index in [0.29, 0.717) is 6.54 Å². The molecule has 0 aliphatic rings. The average molecular weight is 260 g/mol. The van der Waals surface area contributed by atoms with E-state index in [1.807, 2.05) is 27.0 Å². The topological polar surface area (TPSA) is 34.0 Å². The summed E-state index contributed by atoms with van der Waals surface area (Å²) in [6.07, 6.45) is 0. The van der Waals surface area contributed by atoms with Crippen LogP contribution in [0.3, 0.4) is 0 Å². The first-order chi connectivity index (χ1) is 9.00. The van der Waals surface area contributed by atoms with Crippen LogP contribution in [0, 0.1) is 19.7 Å². The highest BCUT2D eigenvalue weighted by Crippen LogP contribution is 2.13. The minimum Gasteiger partial charge on any atom is -0.352 e. The monoisotopic (exact) mass is 260 g/mol. The molecule has 0 radical (unpaired) electrons. The van der Waals surface area contributed by atoms with E-state index in [2.05, 4.69) is 9.88 Å². The number of halogens is 1. The Morgan fingerprint density at radius 1 is 1.32 bits per heavy atom. The van der Waals surface area contributed by atoms with Gasteiger partial charge in [0, 0.05) is 25.0 Å². The molecule has 0 atom stereocenters. The van der Waals surface area contributed by atoms with E-state index >= 15 is 0 Å². The van der Waals surface area contributed by atoms with Crippen LogP contribution in [0.2, 0.25) is 0 Å². The molecule has 0 saturated carbocycles. The van der Waals surface area contributed by atoms with Crippen molar-refractivity contribution in [2.45, 2.75) is 20.4 Å². The fourth-order valence-corrected chi connectivity index (χ4v) is 2.03. The molecule has 1 aromatic carbocycles. The summed E-state index contributed by atoms with van der Waals surface area (Å²) < 4.78 is 15.5. The Kier molecular flexibility index (Phi) is 3.69. The normalized spacial score (nSPS) is 10.5. The number of hydrogen-bond acceptors (Lipinski definition) is 1. The Balaban J connectivity index is 2.09. The van der Waals surface area contributed by atoms with Crippen LogP contribution < -0.4 is 5.32 Å². The molecule has 100 valence electrons. The Morgan fingerprint density at radius 2 is 2.00 bits per heavy atom. The molecule has 0 bridgehead atoms. The fourth-order valence-electron chi connectivity index (χ4n) is 2.03. The molecule has 1 N–H and O–H groups in total. The molecule has 0 spiro atoms. The van der Waals surface area contributed by atoms with Crippen LogP contribution in [0.15, 0.2) is 30.3 Å². The average Bonchev–Trinajstić information content (AvgIpc) is 2.64. The summed E-state index contributed by atoms with van der Waals surface area (Å²) in [5.74, 6) is -0.889. The Hall–Kier alpha value is -2.10. The third-order valence-electron chi connectivity index (χ3n) is 3.44. The number of carbonyl (C=O) groups is 1. The maximum atomic E-state index is 13.4. The maximum absolute atomic E-state index is 13.4. The Labute approximate surface area is 112 Å². The van der Waals surface area contributed by atoms with Crippen molar-refractivity contribution in [3.05, 3.63) is 58.7 Å². The largest absolute Gasteiger partial charge is 0.352 e. The standard InChI is InChI=1S/C15H17FN2O/c1-10-8-12(11(2)18(10)3)9-17-15(19)13-6-4-5-7-14(13)16/h4-8H,9H2,1-3H3,(H,17,19). The van der Waals surface area contributed by atoms with Crippen LogP contribution in [0.4, 0.5) is 4.39 Å². The highest BCUT2D eigenvalue weighted by Gasteiger charge is 2.12. The smallest absolute Gasteiger partial charge is 0.254 e. The molecule has 2 aromatic rings. The number of aromatic nitrogens is 1. The van der Waals surface area contributed by atoms with Crippen molar-refractivity contribution < 1.29 is 9.18 Å². The predicted octanol–water partition coefficient (Wildman–Crippen LogP) is 2.71. The van der Waals surface area contributed by atoms with Crippen LogP contribution in [-0.2, 0) is 13.6 Å². The summed E-state index contributed by atoms with van der Waals surface area (Å²) in [6.45, 7) is 4.41. The molecular weight excluding hydrogens is 243 g/mol. The van der Waals surface area contributed by atoms with Crippen molar-refractivity contribution >= 4 is 5.91 Å². The minimum absolute atomic E-state index is 0.0767. The lowest BCUT2D eigenvalue weighted by Gasteiger charge is -2.06. The number of benzene rings is 1. The zero-order valence-electron chi connectivity index (χ0n) is 11.3. The Morgan fingerprint density at radius 3 is 2.58 bits per heavy atom. The first kappa shape index (κ1) is 13.3. The van der Waals surface area contributed by atoms with Crippen LogP contribution >= 0.6 is 0 Å². The number of hydrogen-bond donors (Lipinski definition) is 1. The Bertz CT molecular complexity index is 617. The number of rotatable bonds is 3. The number of carbonyl (C=O) groups excluding carboxylic acids is 1. The molecule has 19 heavy (non-hydrogen) atoms. The first-order valence-corrected chi connectivity index (χ1v) is 6.15. The van der Waals surface area contributed by atoms with Gasteiger partial charge in [-0.15, -0.1) is 0 Å². The molecule has 0 unspecified atom stereocenters. The van der Waals surface area contributed by atoms with Crippen molar-refractivity contribution in [1.82, 2.24) is 9.88 Å². The van der Waals surface area contributed by atoms with Gasteiger partial charge in [-0.05, 0) is 37.6 Å². The van der Waals surface area contributed by atoms with Gasteiger partial charge in [-0.3, -0.25) is 4.79 Å². The summed E-state index contributed by atoms with van der Waals surface area (Å²) in [6, 6.07) is 8.00. The van der Waals surface area contributed by atoms with Gasteiger partial charge in [0.15, 0.2) is 0 Å². The zero-order valence-corrected chi connectivity index (χ0v) is 11.3. The van der Waals surface area contributed by atoms with Gasteiger partial charge in [-0.1, -0.05) is 12.1 Å². The summed E-state index contributed by atoms with van der Waals surface area (Å²) in [5, 5.41) is 2.75. The van der Waals surface area contributed by atoms with Gasteiger partial charge in [0.1, 0.15) is 5.82 Å². The second kappa shape index (κ2) is 5.26. The second-order valence-corrected chi connectivity index (χ2v) is 4.62. The molecule has 4 heteroatoms. The van der Waals surface area contributed by atoms with E-state index in [1.165, 1.54) is 12.1 Å². The van der Waals surface area contributed by atoms with Gasteiger partial charge < -0.3 is 9.88 Å². The van der Waals surface area contributed by atoms with Gasteiger partial charge in [-0.2, -0.15) is 0 Å². The molecule has 1 heterocycles. The van der Waals surface area contributed by atoms with Gasteiger partial charge in [0.2, 0.25) is 0 Å². The summed E-state index contributed by atoms with van der Waals surface area (Å²) >= 11 is 0. The van der Waals surface area contributed by atoms with Gasteiger partial charge in [-0.25, -0.2) is 4.39 Å². The number of amides is 1. The highest BCUT2D eigenvalue weighted by atomic mass is 19.1. The number of nitrogens with one attached hydrogen (secondary N) is 1. The molecule has 3 nitrogen and oxygen atoms in total. The van der Waals surface area contributed by atoms with Gasteiger partial charge >= 0.3 is 0 Å². The van der Waals surface area contributed by atoms with Crippen LogP contribution in [0.1, 0.15) is 27.3 Å². The minimum atomic E-state index is -0.499. The lowest BCUT2D eigenvalue weighted by atomic mass is 10.2. The zero-order chi connectivity index (χ0) is 14.0. The van der Waals surface area contributed by atoms with Crippen molar-refractivity contribution in [2.75, 3.05) is 0 Å². The summed E-state index contributed by atoms with van der Waals surface area (Å²) in [7, 11) is 1.98. The molecule has 0 aliphatic carbocycles. The lowest BCUT2D eigenvalue weighted by molar-refractivity contribution is 0.0947. The molecule has 0 saturated heterocycles. The van der Waals surface area contributed by atoms with Gasteiger partial charge in [0.05, 0.1) is 5.56 Å². The predicted molar refractivity (Wildman–Crippen MR) is 72.5 cm³/mol. The van der Waals surface area contributed by atoms with E-state index in [1.54, 1.807) is 12.1 Å². The van der Waals surface area contributed by atoms with E-state index in [4.69, 9.17) is 0 Å². The third-order valence-corrected chi connectivity index (χ3v) is 3.44. The summed E-state index contributed by atoms with van der Waals surface area (Å²) in [4.78, 5) is 11.9. The van der Waals surface area contributed by atoms with Crippen molar-refractivity contribution in [2.24, 2.45) is 7.05 Å². The highest BCUT2D eigenvalue weighted by molar-refractivity contribution is 5.94. The second-order valence-electron chi connectivity index (χ2n) is 4.62. The number of aryl methyl sites for hydroxylation is 1. The SMILES string of the molecule is Cc1cc(CNC(=O)c2ccccc2F)c(C)n1C.